The molecule has 7 nitrogen and oxygen atoms in total. The molecule has 4 aromatic rings. The quantitative estimate of drug-likeness (QED) is 0.557. The van der Waals surface area contributed by atoms with Crippen LogP contribution in [-0.2, 0) is 19.1 Å². The van der Waals surface area contributed by atoms with Crippen LogP contribution in [0.5, 0.6) is 0 Å². The minimum absolute atomic E-state index is 0.207. The Labute approximate surface area is 150 Å². The summed E-state index contributed by atoms with van der Waals surface area (Å²) in [6.45, 7) is 0.250. The molecule has 0 unspecified atom stereocenters. The Morgan fingerprint density at radius 3 is 2.96 bits per heavy atom. The number of nitriles is 1. The summed E-state index contributed by atoms with van der Waals surface area (Å²) in [6, 6.07) is 4.88. The average Bonchev–Trinajstić information content (AvgIpc) is 3.34. The first-order chi connectivity index (χ1) is 13.0. The number of nitrogens with zero attached hydrogens (tertiary/aromatic N) is 6. The summed E-state index contributed by atoms with van der Waals surface area (Å²) in [4.78, 5) is 10.9. The minimum atomic E-state index is -4.59. The van der Waals surface area contributed by atoms with Gasteiger partial charge in [-0.05, 0) is 25.0 Å². The molecule has 0 bridgehead atoms. The van der Waals surface area contributed by atoms with Gasteiger partial charge in [0.05, 0.1) is 24.3 Å². The standard InChI is InChI=1S/C17H12F3N7/c18-17(19,20)16-24-13-7-23-15-12(3-4-22-15)14(13)27(16)11-2-1-10-5-9(6-21)25-26(10)8-11/h3-5,7,11H,1-2,8H2,(H,22,23)/t11-/m0/s1. The van der Waals surface area contributed by atoms with Gasteiger partial charge in [0.15, 0.2) is 5.69 Å². The van der Waals surface area contributed by atoms with Crippen molar-refractivity contribution in [3.8, 4) is 6.07 Å². The van der Waals surface area contributed by atoms with Crippen molar-refractivity contribution in [1.29, 1.82) is 5.26 Å². The first-order valence-electron chi connectivity index (χ1n) is 8.34. The third kappa shape index (κ3) is 2.31. The van der Waals surface area contributed by atoms with Gasteiger partial charge in [-0.3, -0.25) is 4.68 Å². The number of hydrogen-bond donors (Lipinski definition) is 1. The lowest BCUT2D eigenvalue weighted by Crippen LogP contribution is -2.27. The normalized spacial score (nSPS) is 17.3. The Hall–Kier alpha value is -3.35. The van der Waals surface area contributed by atoms with E-state index >= 15 is 0 Å². The van der Waals surface area contributed by atoms with E-state index in [4.69, 9.17) is 5.26 Å². The van der Waals surface area contributed by atoms with Gasteiger partial charge in [0.25, 0.3) is 0 Å². The zero-order chi connectivity index (χ0) is 18.8. The van der Waals surface area contributed by atoms with Crippen molar-refractivity contribution < 1.29 is 13.2 Å². The van der Waals surface area contributed by atoms with Crippen LogP contribution >= 0.6 is 0 Å². The number of aromatic nitrogens is 6. The molecular weight excluding hydrogens is 359 g/mol. The third-order valence-corrected chi connectivity index (χ3v) is 4.95. The van der Waals surface area contributed by atoms with Gasteiger partial charge in [0, 0.05) is 17.3 Å². The van der Waals surface area contributed by atoms with E-state index in [2.05, 4.69) is 20.1 Å². The number of pyridine rings is 1. The number of rotatable bonds is 1. The maximum atomic E-state index is 13.7. The van der Waals surface area contributed by atoms with Crippen molar-refractivity contribution in [2.75, 3.05) is 0 Å². The summed E-state index contributed by atoms with van der Waals surface area (Å²) in [5.41, 5.74) is 2.26. The van der Waals surface area contributed by atoms with Crippen molar-refractivity contribution in [3.63, 3.8) is 0 Å². The van der Waals surface area contributed by atoms with E-state index in [0.29, 0.717) is 29.4 Å². The van der Waals surface area contributed by atoms with Gasteiger partial charge in [0.1, 0.15) is 17.2 Å². The molecule has 0 saturated heterocycles. The van der Waals surface area contributed by atoms with Crippen molar-refractivity contribution >= 4 is 22.1 Å². The van der Waals surface area contributed by atoms with Crippen LogP contribution in [0.4, 0.5) is 13.2 Å². The molecule has 5 heterocycles. The van der Waals surface area contributed by atoms with Gasteiger partial charge in [-0.25, -0.2) is 9.97 Å². The second-order valence-corrected chi connectivity index (χ2v) is 6.54. The molecule has 136 valence electrons. The zero-order valence-corrected chi connectivity index (χ0v) is 13.8. The summed E-state index contributed by atoms with van der Waals surface area (Å²) >= 11 is 0. The molecule has 0 fully saturated rings. The highest BCUT2D eigenvalue weighted by Crippen LogP contribution is 2.38. The Kier molecular flexibility index (Phi) is 3.13. The van der Waals surface area contributed by atoms with E-state index in [-0.39, 0.29) is 17.8 Å². The van der Waals surface area contributed by atoms with Crippen LogP contribution < -0.4 is 0 Å². The number of halogens is 3. The lowest BCUT2D eigenvalue weighted by molar-refractivity contribution is -0.147. The van der Waals surface area contributed by atoms with Gasteiger partial charge in [0.2, 0.25) is 5.82 Å². The maximum Gasteiger partial charge on any atom is 0.449 e. The summed E-state index contributed by atoms with van der Waals surface area (Å²) in [5.74, 6) is -0.936. The Morgan fingerprint density at radius 1 is 1.33 bits per heavy atom. The van der Waals surface area contributed by atoms with Crippen LogP contribution in [0, 0.1) is 11.3 Å². The molecule has 0 saturated carbocycles. The van der Waals surface area contributed by atoms with Crippen LogP contribution in [0.3, 0.4) is 0 Å². The van der Waals surface area contributed by atoms with Crippen molar-refractivity contribution in [2.24, 2.45) is 0 Å². The molecule has 10 heteroatoms. The van der Waals surface area contributed by atoms with Crippen molar-refractivity contribution in [2.45, 2.75) is 31.6 Å². The fraction of sp³-hybridized carbons (Fsp3) is 0.294. The SMILES string of the molecule is N#Cc1cc2n(n1)C[C@@H](n1c(C(F)(F)F)nc3cnc4[nH]ccc4c31)CC2. The van der Waals surface area contributed by atoms with Crippen LogP contribution in [0.15, 0.2) is 24.5 Å². The first kappa shape index (κ1) is 15.9. The molecule has 1 N–H and O–H groups in total. The number of nitrogens with one attached hydrogen (secondary N) is 1. The third-order valence-electron chi connectivity index (χ3n) is 4.95. The van der Waals surface area contributed by atoms with Gasteiger partial charge >= 0.3 is 6.18 Å². The molecule has 5 rings (SSSR count). The van der Waals surface area contributed by atoms with E-state index in [9.17, 15) is 13.2 Å². The number of imidazole rings is 1. The first-order valence-corrected chi connectivity index (χ1v) is 8.34. The molecule has 0 spiro atoms. The second kappa shape index (κ2) is 5.33. The van der Waals surface area contributed by atoms with Crippen molar-refractivity contribution in [3.05, 3.63) is 41.7 Å². The van der Waals surface area contributed by atoms with Crippen LogP contribution in [-0.4, -0.2) is 29.3 Å². The van der Waals surface area contributed by atoms with Gasteiger partial charge in [-0.15, -0.1) is 0 Å². The topological polar surface area (TPSA) is 88.1 Å². The van der Waals surface area contributed by atoms with E-state index in [1.165, 1.54) is 10.8 Å². The summed E-state index contributed by atoms with van der Waals surface area (Å²) in [5, 5.41) is 13.8. The van der Waals surface area contributed by atoms with Crippen molar-refractivity contribution in [1.82, 2.24) is 29.3 Å². The molecule has 0 radical (unpaired) electrons. The van der Waals surface area contributed by atoms with Gasteiger partial charge in [-0.1, -0.05) is 0 Å². The number of H-pyrrole nitrogens is 1. The fourth-order valence-corrected chi connectivity index (χ4v) is 3.83. The Morgan fingerprint density at radius 2 is 2.19 bits per heavy atom. The molecule has 1 aliphatic heterocycles. The highest BCUT2D eigenvalue weighted by molar-refractivity contribution is 6.01. The number of alkyl halides is 3. The van der Waals surface area contributed by atoms with Crippen LogP contribution in [0.2, 0.25) is 0 Å². The fourth-order valence-electron chi connectivity index (χ4n) is 3.83. The van der Waals surface area contributed by atoms with E-state index in [0.717, 1.165) is 5.69 Å². The minimum Gasteiger partial charge on any atom is -0.346 e. The number of hydrogen-bond acceptors (Lipinski definition) is 4. The molecule has 27 heavy (non-hydrogen) atoms. The number of fused-ring (bicyclic) bond motifs is 4. The lowest BCUT2D eigenvalue weighted by Gasteiger charge is -2.27. The highest BCUT2D eigenvalue weighted by atomic mass is 19.4. The second-order valence-electron chi connectivity index (χ2n) is 6.54. The molecule has 0 aliphatic carbocycles. The average molecular weight is 371 g/mol. The molecular formula is C17H12F3N7. The lowest BCUT2D eigenvalue weighted by atomic mass is 10.0. The highest BCUT2D eigenvalue weighted by Gasteiger charge is 2.40. The van der Waals surface area contributed by atoms with Gasteiger partial charge < -0.3 is 9.55 Å². The zero-order valence-electron chi connectivity index (χ0n) is 13.8. The maximum absolute atomic E-state index is 13.7. The smallest absolute Gasteiger partial charge is 0.346 e. The van der Waals surface area contributed by atoms with E-state index in [1.54, 1.807) is 23.0 Å². The molecule has 4 aromatic heterocycles. The Balaban J connectivity index is 1.74. The molecule has 1 atom stereocenters. The number of aromatic amines is 1. The van der Waals surface area contributed by atoms with E-state index in [1.807, 2.05) is 6.07 Å². The molecule has 0 aromatic carbocycles. The molecule has 1 aliphatic rings. The monoisotopic (exact) mass is 371 g/mol. The van der Waals surface area contributed by atoms with Crippen LogP contribution in [0.25, 0.3) is 22.1 Å². The largest absolute Gasteiger partial charge is 0.449 e. The predicted octanol–water partition coefficient (Wildman–Crippen LogP) is 3.19. The summed E-state index contributed by atoms with van der Waals surface area (Å²) < 4.78 is 44.1. The summed E-state index contributed by atoms with van der Waals surface area (Å²) in [7, 11) is 0. The Bertz CT molecular complexity index is 1220. The predicted molar refractivity (Wildman–Crippen MR) is 88.7 cm³/mol. The van der Waals surface area contributed by atoms with Crippen LogP contribution in [0.1, 0.15) is 29.7 Å². The molecule has 0 amide bonds. The number of aryl methyl sites for hydroxylation is 1. The summed E-state index contributed by atoms with van der Waals surface area (Å²) in [6.07, 6.45) is -0.551. The van der Waals surface area contributed by atoms with Gasteiger partial charge in [-0.2, -0.15) is 23.5 Å². The van der Waals surface area contributed by atoms with E-state index < -0.39 is 18.0 Å².